The molecule has 3 nitrogen and oxygen atoms in total. The molecule has 1 atom stereocenters. The maximum absolute atomic E-state index is 12.1. The van der Waals surface area contributed by atoms with Crippen LogP contribution >= 0.6 is 0 Å². The summed E-state index contributed by atoms with van der Waals surface area (Å²) in [5, 5.41) is 3.00. The summed E-state index contributed by atoms with van der Waals surface area (Å²) < 4.78 is 0. The van der Waals surface area contributed by atoms with Crippen LogP contribution in [0.25, 0.3) is 0 Å². The molecule has 0 radical (unpaired) electrons. The fourth-order valence-electron chi connectivity index (χ4n) is 1.35. The standard InChI is InChI=1S/C16H22N2O/c1-12(16(2,3)4)18-15(19)14-9-7-13(8-10-14)6-5-11-17/h7-10,12H,11,17H2,1-4H3,(H,18,19). The van der Waals surface area contributed by atoms with Crippen molar-refractivity contribution in [2.45, 2.75) is 33.7 Å². The zero-order valence-corrected chi connectivity index (χ0v) is 12.1. The summed E-state index contributed by atoms with van der Waals surface area (Å²) in [5.74, 6) is 5.66. The Morgan fingerprint density at radius 2 is 1.89 bits per heavy atom. The number of hydrogen-bond acceptors (Lipinski definition) is 2. The first-order valence-electron chi connectivity index (χ1n) is 6.44. The highest BCUT2D eigenvalue weighted by Crippen LogP contribution is 2.18. The van der Waals surface area contributed by atoms with Gasteiger partial charge in [0.15, 0.2) is 0 Å². The van der Waals surface area contributed by atoms with Crippen LogP contribution in [0.3, 0.4) is 0 Å². The van der Waals surface area contributed by atoms with E-state index in [4.69, 9.17) is 5.73 Å². The minimum atomic E-state index is -0.0549. The molecule has 1 amide bonds. The number of nitrogens with one attached hydrogen (secondary N) is 1. The van der Waals surface area contributed by atoms with Gasteiger partial charge in [-0.05, 0) is 36.6 Å². The van der Waals surface area contributed by atoms with Crippen molar-refractivity contribution in [1.29, 1.82) is 0 Å². The Bertz CT molecular complexity index is 486. The van der Waals surface area contributed by atoms with Gasteiger partial charge in [0.25, 0.3) is 5.91 Å². The van der Waals surface area contributed by atoms with Crippen LogP contribution in [0, 0.1) is 17.3 Å². The molecular formula is C16H22N2O. The second-order valence-electron chi connectivity index (χ2n) is 5.64. The zero-order chi connectivity index (χ0) is 14.5. The van der Waals surface area contributed by atoms with E-state index in [9.17, 15) is 4.79 Å². The van der Waals surface area contributed by atoms with Gasteiger partial charge in [-0.3, -0.25) is 4.79 Å². The van der Waals surface area contributed by atoms with Crippen molar-refractivity contribution in [1.82, 2.24) is 5.32 Å². The molecule has 0 saturated heterocycles. The van der Waals surface area contributed by atoms with Crippen LogP contribution < -0.4 is 11.1 Å². The summed E-state index contributed by atoms with van der Waals surface area (Å²) in [6, 6.07) is 7.34. The summed E-state index contributed by atoms with van der Waals surface area (Å²) in [5.41, 5.74) is 6.87. The second kappa shape index (κ2) is 6.40. The Kier molecular flexibility index (Phi) is 5.14. The third-order valence-corrected chi connectivity index (χ3v) is 3.13. The number of carbonyl (C=O) groups is 1. The summed E-state index contributed by atoms with van der Waals surface area (Å²) in [7, 11) is 0. The van der Waals surface area contributed by atoms with Crippen molar-refractivity contribution in [3.63, 3.8) is 0 Å². The van der Waals surface area contributed by atoms with Gasteiger partial charge in [-0.1, -0.05) is 32.6 Å². The molecule has 3 heteroatoms. The van der Waals surface area contributed by atoms with Crippen LogP contribution in [0.4, 0.5) is 0 Å². The lowest BCUT2D eigenvalue weighted by molar-refractivity contribution is 0.0910. The van der Waals surface area contributed by atoms with E-state index >= 15 is 0 Å². The average molecular weight is 258 g/mol. The number of carbonyl (C=O) groups excluding carboxylic acids is 1. The fraction of sp³-hybridized carbons (Fsp3) is 0.438. The molecule has 0 fully saturated rings. The van der Waals surface area contributed by atoms with Crippen LogP contribution in [-0.2, 0) is 0 Å². The topological polar surface area (TPSA) is 55.1 Å². The summed E-state index contributed by atoms with van der Waals surface area (Å²) in [4.78, 5) is 12.1. The van der Waals surface area contributed by atoms with E-state index in [2.05, 4.69) is 37.9 Å². The second-order valence-corrected chi connectivity index (χ2v) is 5.64. The van der Waals surface area contributed by atoms with Gasteiger partial charge in [0.1, 0.15) is 0 Å². The number of rotatable bonds is 2. The number of nitrogens with two attached hydrogens (primary N) is 1. The monoisotopic (exact) mass is 258 g/mol. The van der Waals surface area contributed by atoms with Crippen molar-refractivity contribution in [3.8, 4) is 11.8 Å². The average Bonchev–Trinajstić information content (AvgIpc) is 2.35. The van der Waals surface area contributed by atoms with Crippen molar-refractivity contribution in [2.24, 2.45) is 11.1 Å². The largest absolute Gasteiger partial charge is 0.349 e. The third-order valence-electron chi connectivity index (χ3n) is 3.13. The Labute approximate surface area is 115 Å². The molecule has 3 N–H and O–H groups in total. The number of hydrogen-bond donors (Lipinski definition) is 2. The van der Waals surface area contributed by atoms with Crippen LogP contribution in [0.5, 0.6) is 0 Å². The van der Waals surface area contributed by atoms with Crippen LogP contribution in [0.1, 0.15) is 43.6 Å². The molecule has 0 aromatic heterocycles. The van der Waals surface area contributed by atoms with E-state index in [-0.39, 0.29) is 17.4 Å². The molecule has 19 heavy (non-hydrogen) atoms. The quantitative estimate of drug-likeness (QED) is 0.799. The molecular weight excluding hydrogens is 236 g/mol. The highest BCUT2D eigenvalue weighted by molar-refractivity contribution is 5.94. The smallest absolute Gasteiger partial charge is 0.251 e. The van der Waals surface area contributed by atoms with Gasteiger partial charge < -0.3 is 11.1 Å². The minimum absolute atomic E-state index is 0.0439. The molecule has 0 aliphatic rings. The maximum atomic E-state index is 12.1. The van der Waals surface area contributed by atoms with Gasteiger partial charge >= 0.3 is 0 Å². The van der Waals surface area contributed by atoms with Crippen LogP contribution in [0.2, 0.25) is 0 Å². The van der Waals surface area contributed by atoms with E-state index in [1.165, 1.54) is 0 Å². The number of benzene rings is 1. The van der Waals surface area contributed by atoms with Gasteiger partial charge in [-0.15, -0.1) is 0 Å². The van der Waals surface area contributed by atoms with E-state index < -0.39 is 0 Å². The van der Waals surface area contributed by atoms with Gasteiger partial charge in [-0.25, -0.2) is 0 Å². The van der Waals surface area contributed by atoms with E-state index in [1.807, 2.05) is 19.1 Å². The molecule has 1 rings (SSSR count). The van der Waals surface area contributed by atoms with Gasteiger partial charge in [0.05, 0.1) is 6.54 Å². The van der Waals surface area contributed by atoms with E-state index in [1.54, 1.807) is 12.1 Å². The fourth-order valence-corrected chi connectivity index (χ4v) is 1.35. The Balaban J connectivity index is 2.73. The molecule has 102 valence electrons. The predicted molar refractivity (Wildman–Crippen MR) is 78.8 cm³/mol. The molecule has 0 heterocycles. The zero-order valence-electron chi connectivity index (χ0n) is 12.1. The molecule has 0 bridgehead atoms. The molecule has 1 aromatic rings. The van der Waals surface area contributed by atoms with Gasteiger partial charge in [-0.2, -0.15) is 0 Å². The van der Waals surface area contributed by atoms with Crippen molar-refractivity contribution < 1.29 is 4.79 Å². The van der Waals surface area contributed by atoms with E-state index in [0.717, 1.165) is 5.56 Å². The van der Waals surface area contributed by atoms with Crippen molar-refractivity contribution >= 4 is 5.91 Å². The van der Waals surface area contributed by atoms with Gasteiger partial charge in [0.2, 0.25) is 0 Å². The molecule has 0 spiro atoms. The minimum Gasteiger partial charge on any atom is -0.349 e. The summed E-state index contributed by atoms with van der Waals surface area (Å²) in [6.07, 6.45) is 0. The first-order chi connectivity index (χ1) is 8.84. The highest BCUT2D eigenvalue weighted by Gasteiger charge is 2.21. The molecule has 0 saturated carbocycles. The van der Waals surface area contributed by atoms with Gasteiger partial charge in [0, 0.05) is 17.2 Å². The first kappa shape index (κ1) is 15.3. The van der Waals surface area contributed by atoms with Crippen molar-refractivity contribution in [2.75, 3.05) is 6.54 Å². The number of amides is 1. The third kappa shape index (κ3) is 4.76. The normalized spacial score (nSPS) is 12.3. The van der Waals surface area contributed by atoms with Crippen LogP contribution in [0.15, 0.2) is 24.3 Å². The maximum Gasteiger partial charge on any atom is 0.251 e. The van der Waals surface area contributed by atoms with Crippen molar-refractivity contribution in [3.05, 3.63) is 35.4 Å². The Morgan fingerprint density at radius 3 is 2.37 bits per heavy atom. The highest BCUT2D eigenvalue weighted by atomic mass is 16.1. The lowest BCUT2D eigenvalue weighted by Crippen LogP contribution is -2.41. The first-order valence-corrected chi connectivity index (χ1v) is 6.44. The van der Waals surface area contributed by atoms with Crippen LogP contribution in [-0.4, -0.2) is 18.5 Å². The Morgan fingerprint density at radius 1 is 1.32 bits per heavy atom. The summed E-state index contributed by atoms with van der Waals surface area (Å²) >= 11 is 0. The summed E-state index contributed by atoms with van der Waals surface area (Å²) in [6.45, 7) is 8.65. The molecule has 0 aliphatic heterocycles. The lowest BCUT2D eigenvalue weighted by atomic mass is 9.88. The molecule has 0 aliphatic carbocycles. The molecule has 1 unspecified atom stereocenters. The van der Waals surface area contributed by atoms with E-state index in [0.29, 0.717) is 12.1 Å². The SMILES string of the molecule is CC(NC(=O)c1ccc(C#CCN)cc1)C(C)(C)C. The Hall–Kier alpha value is -1.79. The lowest BCUT2D eigenvalue weighted by Gasteiger charge is -2.28. The predicted octanol–water partition coefficient (Wildman–Crippen LogP) is 2.16. The molecule has 1 aromatic carbocycles.